The molecule has 1 aromatic heterocycles. The number of nitrogens with one attached hydrogen (secondary N) is 1. The topological polar surface area (TPSA) is 34.1 Å². The van der Waals surface area contributed by atoms with Crippen LogP contribution in [0, 0.1) is 6.92 Å². The fraction of sp³-hybridized carbons (Fsp3) is 0.267. The third-order valence-electron chi connectivity index (χ3n) is 3.06. The van der Waals surface area contributed by atoms with Gasteiger partial charge in [-0.05, 0) is 44.2 Å². The number of aryl methyl sites for hydroxylation is 1. The Balaban J connectivity index is 2.17. The van der Waals surface area contributed by atoms with Crippen molar-refractivity contribution in [1.29, 1.82) is 0 Å². The first kappa shape index (κ1) is 14.0. The Morgan fingerprint density at radius 1 is 1.26 bits per heavy atom. The molecule has 1 aromatic carbocycles. The van der Waals surface area contributed by atoms with Crippen LogP contribution in [-0.2, 0) is 0 Å². The van der Waals surface area contributed by atoms with E-state index in [1.165, 1.54) is 0 Å². The van der Waals surface area contributed by atoms with Gasteiger partial charge >= 0.3 is 0 Å². The van der Waals surface area contributed by atoms with Gasteiger partial charge in [0.25, 0.3) is 0 Å². The fourth-order valence-electron chi connectivity index (χ4n) is 1.67. The Morgan fingerprint density at radius 2 is 2.05 bits per heavy atom. The highest BCUT2D eigenvalue weighted by atomic mass is 79.9. The van der Waals surface area contributed by atoms with Crippen molar-refractivity contribution in [3.63, 3.8) is 0 Å². The van der Waals surface area contributed by atoms with Crippen LogP contribution in [0.5, 0.6) is 11.6 Å². The van der Waals surface area contributed by atoms with Crippen LogP contribution in [0.2, 0.25) is 0 Å². The molecule has 2 rings (SSSR count). The Morgan fingerprint density at radius 3 is 2.68 bits per heavy atom. The second kappa shape index (κ2) is 6.17. The molecule has 1 atom stereocenters. The number of benzene rings is 1. The standard InChI is InChI=1S/C15H17BrN2O/c1-10-4-6-13(16)8-14(10)19-15-7-5-12(9-18-15)11(2)17-3/h4-9,11,17H,1-3H3. The molecule has 3 nitrogen and oxygen atoms in total. The molecule has 0 aliphatic heterocycles. The maximum Gasteiger partial charge on any atom is 0.219 e. The lowest BCUT2D eigenvalue weighted by atomic mass is 10.1. The molecule has 2 aromatic rings. The van der Waals surface area contributed by atoms with E-state index in [2.05, 4.69) is 33.2 Å². The van der Waals surface area contributed by atoms with Crippen molar-refractivity contribution in [1.82, 2.24) is 10.3 Å². The number of hydrogen-bond donors (Lipinski definition) is 1. The van der Waals surface area contributed by atoms with Gasteiger partial charge in [0.2, 0.25) is 5.88 Å². The zero-order valence-electron chi connectivity index (χ0n) is 11.3. The number of aromatic nitrogens is 1. The van der Waals surface area contributed by atoms with Gasteiger partial charge in [-0.2, -0.15) is 0 Å². The van der Waals surface area contributed by atoms with Crippen molar-refractivity contribution < 1.29 is 4.74 Å². The van der Waals surface area contributed by atoms with E-state index in [0.29, 0.717) is 5.88 Å². The first-order valence-electron chi connectivity index (χ1n) is 6.17. The van der Waals surface area contributed by atoms with Crippen molar-refractivity contribution in [2.45, 2.75) is 19.9 Å². The summed E-state index contributed by atoms with van der Waals surface area (Å²) in [5.74, 6) is 1.42. The van der Waals surface area contributed by atoms with Gasteiger partial charge in [-0.15, -0.1) is 0 Å². The molecule has 0 bridgehead atoms. The van der Waals surface area contributed by atoms with Crippen molar-refractivity contribution in [3.05, 3.63) is 52.1 Å². The van der Waals surface area contributed by atoms with E-state index in [-0.39, 0.29) is 6.04 Å². The van der Waals surface area contributed by atoms with Crippen LogP contribution in [0.1, 0.15) is 24.1 Å². The zero-order chi connectivity index (χ0) is 13.8. The minimum Gasteiger partial charge on any atom is -0.439 e. The molecule has 0 aliphatic rings. The highest BCUT2D eigenvalue weighted by Gasteiger charge is 2.06. The van der Waals surface area contributed by atoms with Crippen LogP contribution >= 0.6 is 15.9 Å². The molecule has 0 radical (unpaired) electrons. The first-order chi connectivity index (χ1) is 9.10. The second-order valence-corrected chi connectivity index (χ2v) is 5.37. The SMILES string of the molecule is CNC(C)c1ccc(Oc2cc(Br)ccc2C)nc1. The minimum atomic E-state index is 0.286. The normalized spacial score (nSPS) is 12.2. The smallest absolute Gasteiger partial charge is 0.219 e. The fourth-order valence-corrected chi connectivity index (χ4v) is 2.01. The lowest BCUT2D eigenvalue weighted by Gasteiger charge is -2.11. The summed E-state index contributed by atoms with van der Waals surface area (Å²) < 4.78 is 6.79. The second-order valence-electron chi connectivity index (χ2n) is 4.45. The Hall–Kier alpha value is -1.39. The van der Waals surface area contributed by atoms with Crippen molar-refractivity contribution in [2.24, 2.45) is 0 Å². The zero-order valence-corrected chi connectivity index (χ0v) is 12.9. The van der Waals surface area contributed by atoms with Crippen LogP contribution in [0.15, 0.2) is 41.0 Å². The molecule has 19 heavy (non-hydrogen) atoms. The van der Waals surface area contributed by atoms with E-state index in [1.54, 1.807) is 0 Å². The lowest BCUT2D eigenvalue weighted by molar-refractivity contribution is 0.458. The van der Waals surface area contributed by atoms with E-state index in [1.807, 2.05) is 50.5 Å². The summed E-state index contributed by atoms with van der Waals surface area (Å²) in [6.45, 7) is 4.11. The van der Waals surface area contributed by atoms with Crippen molar-refractivity contribution >= 4 is 15.9 Å². The maximum atomic E-state index is 5.80. The number of ether oxygens (including phenoxy) is 1. The summed E-state index contributed by atoms with van der Waals surface area (Å²) in [5.41, 5.74) is 2.22. The number of rotatable bonds is 4. The highest BCUT2D eigenvalue weighted by Crippen LogP contribution is 2.27. The third kappa shape index (κ3) is 3.55. The molecule has 0 saturated heterocycles. The maximum absolute atomic E-state index is 5.80. The van der Waals surface area contributed by atoms with E-state index in [4.69, 9.17) is 4.74 Å². The molecule has 4 heteroatoms. The minimum absolute atomic E-state index is 0.286. The van der Waals surface area contributed by atoms with Crippen molar-refractivity contribution in [2.75, 3.05) is 7.05 Å². The van der Waals surface area contributed by atoms with Crippen LogP contribution in [0.4, 0.5) is 0 Å². The Kier molecular flexibility index (Phi) is 4.56. The van der Waals surface area contributed by atoms with Gasteiger partial charge in [0.05, 0.1) is 0 Å². The number of pyridine rings is 1. The van der Waals surface area contributed by atoms with Gasteiger partial charge in [0.1, 0.15) is 5.75 Å². The summed E-state index contributed by atoms with van der Waals surface area (Å²) >= 11 is 3.44. The van der Waals surface area contributed by atoms with Gasteiger partial charge in [0, 0.05) is 22.8 Å². The largest absolute Gasteiger partial charge is 0.439 e. The number of halogens is 1. The average molecular weight is 321 g/mol. The predicted octanol–water partition coefficient (Wildman–Crippen LogP) is 4.23. The van der Waals surface area contributed by atoms with Gasteiger partial charge in [-0.3, -0.25) is 0 Å². The molecule has 1 N–H and O–H groups in total. The molecule has 0 saturated carbocycles. The molecular formula is C15H17BrN2O. The summed E-state index contributed by atoms with van der Waals surface area (Å²) in [6, 6.07) is 10.2. The van der Waals surface area contributed by atoms with Crippen molar-refractivity contribution in [3.8, 4) is 11.6 Å². The molecular weight excluding hydrogens is 304 g/mol. The van der Waals surface area contributed by atoms with E-state index < -0.39 is 0 Å². The third-order valence-corrected chi connectivity index (χ3v) is 3.55. The molecule has 0 amide bonds. The van der Waals surface area contributed by atoms with Gasteiger partial charge in [0.15, 0.2) is 0 Å². The van der Waals surface area contributed by atoms with Gasteiger partial charge in [-0.1, -0.05) is 28.1 Å². The van der Waals surface area contributed by atoms with Gasteiger partial charge in [-0.25, -0.2) is 4.98 Å². The molecule has 1 unspecified atom stereocenters. The lowest BCUT2D eigenvalue weighted by Crippen LogP contribution is -2.12. The summed E-state index contributed by atoms with van der Waals surface area (Å²) in [7, 11) is 1.93. The Labute approximate surface area is 122 Å². The van der Waals surface area contributed by atoms with Gasteiger partial charge < -0.3 is 10.1 Å². The van der Waals surface area contributed by atoms with Crippen LogP contribution in [-0.4, -0.2) is 12.0 Å². The van der Waals surface area contributed by atoms with Crippen LogP contribution < -0.4 is 10.1 Å². The number of nitrogens with zero attached hydrogens (tertiary/aromatic N) is 1. The summed E-state index contributed by atoms with van der Waals surface area (Å²) in [4.78, 5) is 4.34. The molecule has 1 heterocycles. The van der Waals surface area contributed by atoms with Crippen LogP contribution in [0.25, 0.3) is 0 Å². The van der Waals surface area contributed by atoms with E-state index in [9.17, 15) is 0 Å². The highest BCUT2D eigenvalue weighted by molar-refractivity contribution is 9.10. The van der Waals surface area contributed by atoms with Crippen LogP contribution in [0.3, 0.4) is 0 Å². The monoisotopic (exact) mass is 320 g/mol. The predicted molar refractivity (Wildman–Crippen MR) is 80.7 cm³/mol. The first-order valence-corrected chi connectivity index (χ1v) is 6.96. The number of hydrogen-bond acceptors (Lipinski definition) is 3. The quantitative estimate of drug-likeness (QED) is 0.915. The van der Waals surface area contributed by atoms with E-state index >= 15 is 0 Å². The summed E-state index contributed by atoms with van der Waals surface area (Å²) in [6.07, 6.45) is 1.84. The van der Waals surface area contributed by atoms with E-state index in [0.717, 1.165) is 21.3 Å². The molecule has 100 valence electrons. The Bertz CT molecular complexity index is 555. The molecule has 0 fully saturated rings. The summed E-state index contributed by atoms with van der Waals surface area (Å²) in [5, 5.41) is 3.18. The molecule has 0 spiro atoms. The molecule has 0 aliphatic carbocycles. The average Bonchev–Trinajstić information content (AvgIpc) is 2.43.